The molecule has 1 aromatic heterocycles. The Kier molecular flexibility index (Phi) is 3.91. The lowest BCUT2D eigenvalue weighted by molar-refractivity contribution is -0.0411. The second-order valence-corrected chi connectivity index (χ2v) is 6.23. The molecular weight excluding hydrogens is 305 g/mol. The molecule has 1 aliphatic heterocycles. The molecule has 0 N–H and O–H groups in total. The summed E-state index contributed by atoms with van der Waals surface area (Å²) in [6.07, 6.45) is 9.04. The number of hydrogen-bond acceptors (Lipinski definition) is 3. The van der Waals surface area contributed by atoms with E-state index in [4.69, 9.17) is 10.00 Å². The molecule has 24 heavy (non-hydrogen) atoms. The summed E-state index contributed by atoms with van der Waals surface area (Å²) in [4.78, 5) is 0. The number of aromatic nitrogens is 2. The highest BCUT2D eigenvalue weighted by Crippen LogP contribution is 2.35. The average Bonchev–Trinajstić information content (AvgIpc) is 3.06. The predicted molar refractivity (Wildman–Crippen MR) is 87.6 cm³/mol. The maximum atomic E-state index is 14.0. The first-order valence-electron chi connectivity index (χ1n) is 8.36. The van der Waals surface area contributed by atoms with Crippen LogP contribution in [0, 0.1) is 17.1 Å². The van der Waals surface area contributed by atoms with Crippen molar-refractivity contribution in [1.29, 1.82) is 5.26 Å². The van der Waals surface area contributed by atoms with E-state index >= 15 is 0 Å². The summed E-state index contributed by atoms with van der Waals surface area (Å²) in [6.45, 7) is 0.781. The van der Waals surface area contributed by atoms with Crippen molar-refractivity contribution >= 4 is 5.57 Å². The molecule has 0 saturated carbocycles. The molecule has 1 saturated heterocycles. The lowest BCUT2D eigenvalue weighted by Crippen LogP contribution is -2.21. The minimum atomic E-state index is -0.481. The van der Waals surface area contributed by atoms with Crippen molar-refractivity contribution in [3.8, 4) is 6.07 Å². The molecule has 4 nitrogen and oxygen atoms in total. The summed E-state index contributed by atoms with van der Waals surface area (Å²) in [6, 6.07) is 6.64. The van der Waals surface area contributed by atoms with Crippen LogP contribution in [0.25, 0.3) is 5.57 Å². The van der Waals surface area contributed by atoms with E-state index in [0.717, 1.165) is 61.1 Å². The number of ether oxygens (including phenoxy) is 1. The highest BCUT2D eigenvalue weighted by Gasteiger charge is 2.25. The summed E-state index contributed by atoms with van der Waals surface area (Å²) in [5.74, 6) is -0.481. The van der Waals surface area contributed by atoms with Gasteiger partial charge in [0.2, 0.25) is 0 Å². The zero-order valence-corrected chi connectivity index (χ0v) is 13.3. The Morgan fingerprint density at radius 1 is 1.33 bits per heavy atom. The molecule has 4 rings (SSSR count). The molecule has 2 aliphatic rings. The summed E-state index contributed by atoms with van der Waals surface area (Å²) in [5, 5.41) is 13.5. The van der Waals surface area contributed by atoms with E-state index in [0.29, 0.717) is 0 Å². The number of nitriles is 1. The van der Waals surface area contributed by atoms with Crippen LogP contribution in [0.2, 0.25) is 0 Å². The Morgan fingerprint density at radius 2 is 2.25 bits per heavy atom. The lowest BCUT2D eigenvalue weighted by Gasteiger charge is -2.26. The van der Waals surface area contributed by atoms with E-state index in [1.807, 2.05) is 16.9 Å². The van der Waals surface area contributed by atoms with Gasteiger partial charge >= 0.3 is 0 Å². The van der Waals surface area contributed by atoms with Crippen molar-refractivity contribution in [2.45, 2.75) is 38.3 Å². The zero-order valence-electron chi connectivity index (χ0n) is 13.3. The molecule has 0 radical (unpaired) electrons. The smallest absolute Gasteiger partial charge is 0.150 e. The lowest BCUT2D eigenvalue weighted by atomic mass is 9.91. The molecule has 2 aromatic rings. The summed E-state index contributed by atoms with van der Waals surface area (Å²) in [5.41, 5.74) is 4.05. The van der Waals surface area contributed by atoms with Crippen LogP contribution in [0.15, 0.2) is 30.5 Å². The van der Waals surface area contributed by atoms with Crippen molar-refractivity contribution < 1.29 is 9.13 Å². The minimum Gasteiger partial charge on any atom is -0.357 e. The van der Waals surface area contributed by atoms with Gasteiger partial charge in [0.1, 0.15) is 18.1 Å². The first-order chi connectivity index (χ1) is 11.8. The maximum absolute atomic E-state index is 14.0. The van der Waals surface area contributed by atoms with Gasteiger partial charge in [0, 0.05) is 17.9 Å². The average molecular weight is 323 g/mol. The SMILES string of the molecule is N#Cc1ccc(C2=CCCc3c2cnn3C2CCCCO2)cc1F. The van der Waals surface area contributed by atoms with E-state index in [2.05, 4.69) is 11.2 Å². The maximum Gasteiger partial charge on any atom is 0.150 e. The van der Waals surface area contributed by atoms with Crippen LogP contribution in [0.5, 0.6) is 0 Å². The molecule has 2 heterocycles. The number of benzene rings is 1. The fraction of sp³-hybridized carbons (Fsp3) is 0.368. The van der Waals surface area contributed by atoms with Gasteiger partial charge in [0.25, 0.3) is 0 Å². The van der Waals surface area contributed by atoms with Gasteiger partial charge < -0.3 is 4.74 Å². The van der Waals surface area contributed by atoms with Crippen molar-refractivity contribution in [2.24, 2.45) is 0 Å². The second kappa shape index (κ2) is 6.21. The minimum absolute atomic E-state index is 0.0135. The van der Waals surface area contributed by atoms with Crippen LogP contribution in [-0.2, 0) is 11.2 Å². The Balaban J connectivity index is 1.71. The van der Waals surface area contributed by atoms with E-state index in [1.54, 1.807) is 6.07 Å². The topological polar surface area (TPSA) is 50.8 Å². The normalized spacial score (nSPS) is 20.2. The monoisotopic (exact) mass is 323 g/mol. The number of fused-ring (bicyclic) bond motifs is 1. The third-order valence-electron chi connectivity index (χ3n) is 4.75. The fourth-order valence-electron chi connectivity index (χ4n) is 3.54. The van der Waals surface area contributed by atoms with Gasteiger partial charge in [-0.15, -0.1) is 0 Å². The van der Waals surface area contributed by atoms with E-state index in [9.17, 15) is 4.39 Å². The van der Waals surface area contributed by atoms with Gasteiger partial charge in [0.05, 0.1) is 11.8 Å². The first kappa shape index (κ1) is 15.1. The van der Waals surface area contributed by atoms with Crippen LogP contribution in [0.3, 0.4) is 0 Å². The first-order valence-corrected chi connectivity index (χ1v) is 8.36. The van der Waals surface area contributed by atoms with Crippen LogP contribution in [0.1, 0.15) is 54.3 Å². The number of rotatable bonds is 2. The Hall–Kier alpha value is -2.45. The van der Waals surface area contributed by atoms with Crippen molar-refractivity contribution in [1.82, 2.24) is 9.78 Å². The van der Waals surface area contributed by atoms with E-state index in [-0.39, 0.29) is 11.8 Å². The summed E-state index contributed by atoms with van der Waals surface area (Å²) >= 11 is 0. The summed E-state index contributed by atoms with van der Waals surface area (Å²) < 4.78 is 21.9. The Labute approximate surface area is 140 Å². The van der Waals surface area contributed by atoms with Gasteiger partial charge in [-0.1, -0.05) is 12.1 Å². The number of allylic oxidation sites excluding steroid dienone is 1. The van der Waals surface area contributed by atoms with Gasteiger partial charge in [-0.05, 0) is 55.4 Å². The molecule has 1 aliphatic carbocycles. The standard InChI is InChI=1S/C19H18FN3O/c20-17-10-13(7-8-14(17)11-21)15-4-3-5-18-16(15)12-22-23(18)19-6-1-2-9-24-19/h4,7-8,10,12,19H,1-3,5-6,9H2. The predicted octanol–water partition coefficient (Wildman–Crippen LogP) is 3.97. The van der Waals surface area contributed by atoms with Gasteiger partial charge in [-0.25, -0.2) is 9.07 Å². The molecule has 0 amide bonds. The van der Waals surface area contributed by atoms with Crippen molar-refractivity contribution in [3.63, 3.8) is 0 Å². The third-order valence-corrected chi connectivity index (χ3v) is 4.75. The highest BCUT2D eigenvalue weighted by molar-refractivity contribution is 5.82. The van der Waals surface area contributed by atoms with Gasteiger partial charge in [0.15, 0.2) is 0 Å². The van der Waals surface area contributed by atoms with Crippen LogP contribution in [0.4, 0.5) is 4.39 Å². The molecule has 5 heteroatoms. The largest absolute Gasteiger partial charge is 0.357 e. The Bertz CT molecular complexity index is 841. The van der Waals surface area contributed by atoms with E-state index in [1.165, 1.54) is 12.1 Å². The van der Waals surface area contributed by atoms with Gasteiger partial charge in [-0.3, -0.25) is 0 Å². The summed E-state index contributed by atoms with van der Waals surface area (Å²) in [7, 11) is 0. The molecular formula is C19H18FN3O. The molecule has 0 bridgehead atoms. The highest BCUT2D eigenvalue weighted by atomic mass is 19.1. The molecule has 1 aromatic carbocycles. The quantitative estimate of drug-likeness (QED) is 0.840. The van der Waals surface area contributed by atoms with E-state index < -0.39 is 5.82 Å². The molecule has 0 spiro atoms. The zero-order chi connectivity index (χ0) is 16.5. The molecule has 1 unspecified atom stereocenters. The number of nitrogens with zero attached hydrogens (tertiary/aromatic N) is 3. The molecule has 1 fully saturated rings. The van der Waals surface area contributed by atoms with Crippen LogP contribution >= 0.6 is 0 Å². The second-order valence-electron chi connectivity index (χ2n) is 6.23. The number of halogens is 1. The van der Waals surface area contributed by atoms with Crippen molar-refractivity contribution in [2.75, 3.05) is 6.61 Å². The fourth-order valence-corrected chi connectivity index (χ4v) is 3.54. The van der Waals surface area contributed by atoms with Crippen LogP contribution < -0.4 is 0 Å². The van der Waals surface area contributed by atoms with Crippen molar-refractivity contribution in [3.05, 3.63) is 58.7 Å². The molecule has 1 atom stereocenters. The Morgan fingerprint density at radius 3 is 3.00 bits per heavy atom. The third kappa shape index (κ3) is 2.53. The van der Waals surface area contributed by atoms with Gasteiger partial charge in [-0.2, -0.15) is 10.4 Å². The van der Waals surface area contributed by atoms with Crippen LogP contribution in [-0.4, -0.2) is 16.4 Å². The molecule has 122 valence electrons. The number of hydrogen-bond donors (Lipinski definition) is 0.